The van der Waals surface area contributed by atoms with Crippen LogP contribution in [0, 0.1) is 0 Å². The second-order valence-corrected chi connectivity index (χ2v) is 4.80. The Balaban J connectivity index is 1.87. The number of benzene rings is 1. The van der Waals surface area contributed by atoms with Crippen molar-refractivity contribution in [2.24, 2.45) is 0 Å². The van der Waals surface area contributed by atoms with Crippen molar-refractivity contribution in [3.8, 4) is 5.75 Å². The second-order valence-electron chi connectivity index (χ2n) is 4.80. The number of pyridine rings is 1. The Hall–Kier alpha value is -2.89. The predicted octanol–water partition coefficient (Wildman–Crippen LogP) is 2.45. The lowest BCUT2D eigenvalue weighted by Crippen LogP contribution is -2.14. The summed E-state index contributed by atoms with van der Waals surface area (Å²) < 4.78 is 0. The van der Waals surface area contributed by atoms with Gasteiger partial charge in [-0.3, -0.25) is 9.78 Å². The molecule has 0 saturated heterocycles. The van der Waals surface area contributed by atoms with Crippen LogP contribution in [0.2, 0.25) is 0 Å². The Labute approximate surface area is 127 Å². The highest BCUT2D eigenvalue weighted by atomic mass is 16.4. The minimum absolute atomic E-state index is 0.0105. The van der Waals surface area contributed by atoms with Crippen LogP contribution in [-0.2, 0) is 11.2 Å². The molecule has 0 radical (unpaired) electrons. The number of anilines is 1. The van der Waals surface area contributed by atoms with E-state index < -0.39 is 5.97 Å². The zero-order valence-electron chi connectivity index (χ0n) is 11.8. The van der Waals surface area contributed by atoms with E-state index in [2.05, 4.69) is 10.3 Å². The summed E-state index contributed by atoms with van der Waals surface area (Å²) in [5.41, 5.74) is 1.15. The number of phenolic OH excluding ortho intramolecular Hbond substituents is 1. The standard InChI is InChI=1S/C16H16N2O4/c19-12-5-1-3-11(9-12)4-2-6-15(20)18-14-10-17-8-7-13(14)16(21)22/h1,3,5,7-10,19H,2,4,6H2,(H,18,20)(H,21,22). The van der Waals surface area contributed by atoms with E-state index in [0.717, 1.165) is 5.56 Å². The first-order chi connectivity index (χ1) is 10.6. The monoisotopic (exact) mass is 300 g/mol. The number of aryl methyl sites for hydroxylation is 1. The fraction of sp³-hybridized carbons (Fsp3) is 0.188. The topological polar surface area (TPSA) is 99.5 Å². The van der Waals surface area contributed by atoms with Crippen molar-refractivity contribution in [3.63, 3.8) is 0 Å². The first kappa shape index (κ1) is 15.5. The molecule has 6 nitrogen and oxygen atoms in total. The van der Waals surface area contributed by atoms with Gasteiger partial charge in [0.15, 0.2) is 0 Å². The number of nitrogens with one attached hydrogen (secondary N) is 1. The Bertz CT molecular complexity index is 685. The molecule has 3 N–H and O–H groups in total. The molecule has 0 spiro atoms. The van der Waals surface area contributed by atoms with E-state index in [9.17, 15) is 14.7 Å². The lowest BCUT2D eigenvalue weighted by Gasteiger charge is -2.07. The van der Waals surface area contributed by atoms with Crippen LogP contribution in [-0.4, -0.2) is 27.1 Å². The van der Waals surface area contributed by atoms with Crippen LogP contribution in [0.3, 0.4) is 0 Å². The number of hydrogen-bond donors (Lipinski definition) is 3. The van der Waals surface area contributed by atoms with Gasteiger partial charge in [-0.05, 0) is 36.6 Å². The second kappa shape index (κ2) is 7.21. The minimum atomic E-state index is -1.11. The summed E-state index contributed by atoms with van der Waals surface area (Å²) in [5.74, 6) is -1.18. The number of carboxylic acids is 1. The van der Waals surface area contributed by atoms with Crippen LogP contribution in [0.25, 0.3) is 0 Å². The van der Waals surface area contributed by atoms with Crippen molar-refractivity contribution in [1.82, 2.24) is 4.98 Å². The van der Waals surface area contributed by atoms with Gasteiger partial charge in [-0.1, -0.05) is 12.1 Å². The fourth-order valence-electron chi connectivity index (χ4n) is 2.06. The van der Waals surface area contributed by atoms with Crippen molar-refractivity contribution < 1.29 is 19.8 Å². The summed E-state index contributed by atoms with van der Waals surface area (Å²) in [4.78, 5) is 26.7. The van der Waals surface area contributed by atoms with Gasteiger partial charge < -0.3 is 15.5 Å². The van der Waals surface area contributed by atoms with E-state index in [1.54, 1.807) is 18.2 Å². The molecule has 1 aromatic carbocycles. The number of phenols is 1. The highest BCUT2D eigenvalue weighted by molar-refractivity contribution is 6.00. The highest BCUT2D eigenvalue weighted by Gasteiger charge is 2.12. The zero-order valence-corrected chi connectivity index (χ0v) is 11.8. The van der Waals surface area contributed by atoms with Crippen molar-refractivity contribution >= 4 is 17.6 Å². The molecule has 0 fully saturated rings. The molecule has 0 atom stereocenters. The van der Waals surface area contributed by atoms with Crippen molar-refractivity contribution in [2.75, 3.05) is 5.32 Å². The summed E-state index contributed by atoms with van der Waals surface area (Å²) in [6.07, 6.45) is 4.18. The quantitative estimate of drug-likeness (QED) is 0.761. The Morgan fingerprint density at radius 3 is 2.77 bits per heavy atom. The average Bonchev–Trinajstić information content (AvgIpc) is 2.47. The Morgan fingerprint density at radius 2 is 2.05 bits per heavy atom. The molecule has 2 aromatic rings. The SMILES string of the molecule is O=C(CCCc1cccc(O)c1)Nc1cnccc1C(=O)O. The van der Waals surface area contributed by atoms with Crippen molar-refractivity contribution in [3.05, 3.63) is 53.9 Å². The van der Waals surface area contributed by atoms with Crippen LogP contribution >= 0.6 is 0 Å². The van der Waals surface area contributed by atoms with Crippen LogP contribution < -0.4 is 5.32 Å². The zero-order chi connectivity index (χ0) is 15.9. The summed E-state index contributed by atoms with van der Waals surface area (Å²) in [7, 11) is 0. The number of nitrogens with zero attached hydrogens (tertiary/aromatic N) is 1. The maximum atomic E-state index is 11.9. The van der Waals surface area contributed by atoms with Crippen LogP contribution in [0.1, 0.15) is 28.8 Å². The summed E-state index contributed by atoms with van der Waals surface area (Å²) in [6.45, 7) is 0. The van der Waals surface area contributed by atoms with Gasteiger partial charge in [-0.25, -0.2) is 4.79 Å². The van der Waals surface area contributed by atoms with E-state index in [1.807, 2.05) is 6.07 Å². The lowest BCUT2D eigenvalue weighted by atomic mass is 10.1. The number of aromatic hydroxyl groups is 1. The molecule has 114 valence electrons. The predicted molar refractivity (Wildman–Crippen MR) is 80.9 cm³/mol. The molecular formula is C16H16N2O4. The maximum Gasteiger partial charge on any atom is 0.337 e. The minimum Gasteiger partial charge on any atom is -0.508 e. The van der Waals surface area contributed by atoms with Gasteiger partial charge in [-0.2, -0.15) is 0 Å². The Kier molecular flexibility index (Phi) is 5.08. The molecule has 1 aromatic heterocycles. The van der Waals surface area contributed by atoms with Gasteiger partial charge in [-0.15, -0.1) is 0 Å². The number of rotatable bonds is 6. The number of aromatic nitrogens is 1. The van der Waals surface area contributed by atoms with E-state index in [1.165, 1.54) is 18.5 Å². The third kappa shape index (κ3) is 4.31. The summed E-state index contributed by atoms with van der Waals surface area (Å²) >= 11 is 0. The van der Waals surface area contributed by atoms with Crippen molar-refractivity contribution in [1.29, 1.82) is 0 Å². The molecule has 1 heterocycles. The molecule has 1 amide bonds. The molecule has 2 rings (SSSR count). The fourth-order valence-corrected chi connectivity index (χ4v) is 2.06. The molecule has 0 unspecified atom stereocenters. The van der Waals surface area contributed by atoms with Crippen LogP contribution in [0.5, 0.6) is 5.75 Å². The summed E-state index contributed by atoms with van der Waals surface area (Å²) in [5, 5.41) is 20.9. The van der Waals surface area contributed by atoms with Gasteiger partial charge >= 0.3 is 5.97 Å². The molecule has 22 heavy (non-hydrogen) atoms. The smallest absolute Gasteiger partial charge is 0.337 e. The van der Waals surface area contributed by atoms with Crippen LogP contribution in [0.15, 0.2) is 42.7 Å². The molecule has 0 bridgehead atoms. The van der Waals surface area contributed by atoms with E-state index in [-0.39, 0.29) is 29.3 Å². The molecule has 0 saturated carbocycles. The molecule has 0 aliphatic carbocycles. The van der Waals surface area contributed by atoms with Crippen LogP contribution in [0.4, 0.5) is 5.69 Å². The number of carboxylic acid groups (broad SMARTS) is 1. The van der Waals surface area contributed by atoms with E-state index in [0.29, 0.717) is 12.8 Å². The van der Waals surface area contributed by atoms with Crippen molar-refractivity contribution in [2.45, 2.75) is 19.3 Å². The molecular weight excluding hydrogens is 284 g/mol. The maximum absolute atomic E-state index is 11.9. The van der Waals surface area contributed by atoms with E-state index >= 15 is 0 Å². The Morgan fingerprint density at radius 1 is 1.23 bits per heavy atom. The molecule has 6 heteroatoms. The van der Waals surface area contributed by atoms with Gasteiger partial charge in [0, 0.05) is 12.6 Å². The average molecular weight is 300 g/mol. The first-order valence-electron chi connectivity index (χ1n) is 6.81. The highest BCUT2D eigenvalue weighted by Crippen LogP contribution is 2.15. The lowest BCUT2D eigenvalue weighted by molar-refractivity contribution is -0.116. The third-order valence-corrected chi connectivity index (χ3v) is 3.11. The number of aromatic carboxylic acids is 1. The third-order valence-electron chi connectivity index (χ3n) is 3.11. The first-order valence-corrected chi connectivity index (χ1v) is 6.81. The van der Waals surface area contributed by atoms with Gasteiger partial charge in [0.05, 0.1) is 17.4 Å². The van der Waals surface area contributed by atoms with Gasteiger partial charge in [0.25, 0.3) is 0 Å². The molecule has 0 aliphatic rings. The number of carbonyl (C=O) groups is 2. The molecule has 0 aliphatic heterocycles. The number of carbonyl (C=O) groups excluding carboxylic acids is 1. The van der Waals surface area contributed by atoms with E-state index in [4.69, 9.17) is 5.11 Å². The normalized spacial score (nSPS) is 10.2. The largest absolute Gasteiger partial charge is 0.508 e. The number of hydrogen-bond acceptors (Lipinski definition) is 4. The number of amides is 1. The van der Waals surface area contributed by atoms with Gasteiger partial charge in [0.2, 0.25) is 5.91 Å². The summed E-state index contributed by atoms with van der Waals surface area (Å²) in [6, 6.07) is 8.21. The van der Waals surface area contributed by atoms with Gasteiger partial charge in [0.1, 0.15) is 5.75 Å².